The molecule has 6 nitrogen and oxygen atoms in total. The van der Waals surface area contributed by atoms with Crippen molar-refractivity contribution in [2.24, 2.45) is 5.92 Å². The van der Waals surface area contributed by atoms with Crippen molar-refractivity contribution in [3.63, 3.8) is 0 Å². The Morgan fingerprint density at radius 1 is 1.05 bits per heavy atom. The Bertz CT molecular complexity index is 1070. The number of piperidine rings is 1. The Labute approximate surface area is 220 Å². The zero-order valence-electron chi connectivity index (χ0n) is 21.9. The Balaban J connectivity index is 1.17. The van der Waals surface area contributed by atoms with Gasteiger partial charge in [-0.15, -0.1) is 0 Å². The highest BCUT2D eigenvalue weighted by Gasteiger charge is 2.38. The lowest BCUT2D eigenvalue weighted by Crippen LogP contribution is -2.57. The number of amides is 1. The number of fused-ring (bicyclic) bond motifs is 3. The minimum Gasteiger partial charge on any atom is -0.493 e. The molecule has 2 aliphatic heterocycles. The van der Waals surface area contributed by atoms with Crippen molar-refractivity contribution < 1.29 is 24.2 Å². The second kappa shape index (κ2) is 11.8. The molecule has 2 aromatic carbocycles. The van der Waals surface area contributed by atoms with Crippen molar-refractivity contribution in [1.29, 1.82) is 0 Å². The quantitative estimate of drug-likeness (QED) is 0.460. The molecule has 2 unspecified atom stereocenters. The summed E-state index contributed by atoms with van der Waals surface area (Å²) in [4.78, 5) is 28.5. The molecule has 0 radical (unpaired) electrons. The van der Waals surface area contributed by atoms with Gasteiger partial charge in [0.1, 0.15) is 5.75 Å². The first-order valence-electron chi connectivity index (χ1n) is 14.0. The first-order valence-corrected chi connectivity index (χ1v) is 14.0. The first kappa shape index (κ1) is 25.9. The summed E-state index contributed by atoms with van der Waals surface area (Å²) >= 11 is 0. The summed E-state index contributed by atoms with van der Waals surface area (Å²) in [6.45, 7) is 3.47. The lowest BCUT2D eigenvalue weighted by atomic mass is 9.93. The standard InChI is InChI=1S/C31H39NO5/c1-2-37-30-18-24(31(35)32-25-8-5-9-26(32)20-36-19-25)11-14-28(30)29(34)15-13-27(33)12-10-21-16-22-6-3-4-7-23(22)17-21/h3-4,6-7,11,14,18,21,25-27,33H,2,5,8-10,12-13,15-17,19-20H2,1H3/t25?,26?,27-/m0/s1. The highest BCUT2D eigenvalue weighted by molar-refractivity contribution is 6.01. The topological polar surface area (TPSA) is 76.1 Å². The van der Waals surface area contributed by atoms with Crippen LogP contribution in [0.25, 0.3) is 0 Å². The van der Waals surface area contributed by atoms with Crippen LogP contribution < -0.4 is 4.74 Å². The van der Waals surface area contributed by atoms with E-state index in [2.05, 4.69) is 24.3 Å². The first-order chi connectivity index (χ1) is 18.0. The summed E-state index contributed by atoms with van der Waals surface area (Å²) in [5, 5.41) is 10.6. The third-order valence-corrected chi connectivity index (χ3v) is 8.29. The van der Waals surface area contributed by atoms with Gasteiger partial charge in [0.25, 0.3) is 5.91 Å². The third kappa shape index (κ3) is 5.91. The zero-order valence-corrected chi connectivity index (χ0v) is 21.9. The van der Waals surface area contributed by atoms with Gasteiger partial charge in [-0.25, -0.2) is 0 Å². The van der Waals surface area contributed by atoms with Crippen LogP contribution in [0, 0.1) is 5.92 Å². The number of nitrogens with zero attached hydrogens (tertiary/aromatic N) is 1. The predicted molar refractivity (Wildman–Crippen MR) is 142 cm³/mol. The fourth-order valence-corrected chi connectivity index (χ4v) is 6.33. The molecule has 37 heavy (non-hydrogen) atoms. The van der Waals surface area contributed by atoms with Crippen molar-refractivity contribution in [3.05, 3.63) is 64.7 Å². The molecule has 0 saturated carbocycles. The molecule has 0 aromatic heterocycles. The van der Waals surface area contributed by atoms with Gasteiger partial charge in [-0.1, -0.05) is 24.3 Å². The number of carbonyl (C=O) groups is 2. The van der Waals surface area contributed by atoms with E-state index in [1.165, 1.54) is 11.1 Å². The summed E-state index contributed by atoms with van der Waals surface area (Å²) in [5.74, 6) is 0.957. The maximum atomic E-state index is 13.4. The monoisotopic (exact) mass is 505 g/mol. The van der Waals surface area contributed by atoms with Gasteiger partial charge in [0.15, 0.2) is 5.78 Å². The number of hydrogen-bond donors (Lipinski definition) is 1. The molecule has 3 atom stereocenters. The van der Waals surface area contributed by atoms with Crippen molar-refractivity contribution >= 4 is 11.7 Å². The number of carbonyl (C=O) groups excluding carboxylic acids is 2. The van der Waals surface area contributed by atoms with E-state index in [0.29, 0.717) is 55.5 Å². The molecule has 2 aromatic rings. The van der Waals surface area contributed by atoms with Crippen molar-refractivity contribution in [2.75, 3.05) is 19.8 Å². The average Bonchev–Trinajstić information content (AvgIpc) is 3.33. The van der Waals surface area contributed by atoms with Gasteiger partial charge in [-0.05, 0) is 93.5 Å². The van der Waals surface area contributed by atoms with Crippen LogP contribution in [0.3, 0.4) is 0 Å². The van der Waals surface area contributed by atoms with Crippen molar-refractivity contribution in [1.82, 2.24) is 4.90 Å². The van der Waals surface area contributed by atoms with Gasteiger partial charge in [0.2, 0.25) is 0 Å². The summed E-state index contributed by atoms with van der Waals surface area (Å²) in [7, 11) is 0. The number of benzene rings is 2. The molecule has 0 spiro atoms. The number of aliphatic hydroxyl groups is 1. The van der Waals surface area contributed by atoms with Crippen LogP contribution in [0.15, 0.2) is 42.5 Å². The van der Waals surface area contributed by atoms with Gasteiger partial charge in [0, 0.05) is 12.0 Å². The molecular formula is C31H39NO5. The molecule has 5 rings (SSSR count). The molecule has 1 N–H and O–H groups in total. The number of aliphatic hydroxyl groups excluding tert-OH is 1. The molecule has 3 aliphatic rings. The van der Waals surface area contributed by atoms with E-state index in [1.54, 1.807) is 18.2 Å². The van der Waals surface area contributed by atoms with E-state index in [9.17, 15) is 14.7 Å². The zero-order chi connectivity index (χ0) is 25.8. The van der Waals surface area contributed by atoms with E-state index in [-0.39, 0.29) is 30.2 Å². The molecule has 6 heteroatoms. The maximum absolute atomic E-state index is 13.4. The van der Waals surface area contributed by atoms with Gasteiger partial charge in [0.05, 0.1) is 43.6 Å². The highest BCUT2D eigenvalue weighted by Crippen LogP contribution is 2.32. The number of morpholine rings is 1. The van der Waals surface area contributed by atoms with Crippen molar-refractivity contribution in [2.45, 2.75) is 82.9 Å². The van der Waals surface area contributed by atoms with Crippen LogP contribution in [-0.2, 0) is 17.6 Å². The molecular weight excluding hydrogens is 466 g/mol. The number of ketones is 1. The van der Waals surface area contributed by atoms with E-state index in [1.807, 2.05) is 11.8 Å². The normalized spacial score (nSPS) is 21.9. The number of Topliss-reactive ketones (excluding diaryl/α,β-unsaturated/α-hetero) is 1. The summed E-state index contributed by atoms with van der Waals surface area (Å²) < 4.78 is 11.5. The van der Waals surface area contributed by atoms with Gasteiger partial charge in [-0.3, -0.25) is 9.59 Å². The largest absolute Gasteiger partial charge is 0.493 e. The van der Waals surface area contributed by atoms with E-state index in [0.717, 1.165) is 38.5 Å². The van der Waals surface area contributed by atoms with E-state index >= 15 is 0 Å². The molecule has 2 bridgehead atoms. The summed E-state index contributed by atoms with van der Waals surface area (Å²) in [5.41, 5.74) is 3.90. The van der Waals surface area contributed by atoms with E-state index in [4.69, 9.17) is 9.47 Å². The van der Waals surface area contributed by atoms with Crippen LogP contribution in [0.1, 0.15) is 83.7 Å². The molecule has 1 aliphatic carbocycles. The van der Waals surface area contributed by atoms with Crippen LogP contribution >= 0.6 is 0 Å². The number of hydrogen-bond acceptors (Lipinski definition) is 5. The SMILES string of the molecule is CCOc1cc(C(=O)N2C3CCCC2COC3)ccc1C(=O)CC[C@@H](O)CCC1Cc2ccccc2C1. The second-order valence-corrected chi connectivity index (χ2v) is 10.9. The minimum absolute atomic E-state index is 0.0116. The lowest BCUT2D eigenvalue weighted by molar-refractivity contribution is -0.0566. The molecule has 2 saturated heterocycles. The van der Waals surface area contributed by atoms with Gasteiger partial charge >= 0.3 is 0 Å². The number of rotatable bonds is 10. The fourth-order valence-electron chi connectivity index (χ4n) is 6.33. The van der Waals surface area contributed by atoms with Gasteiger partial charge in [-0.2, -0.15) is 0 Å². The summed E-state index contributed by atoms with van der Waals surface area (Å²) in [6, 6.07) is 14.0. The van der Waals surface area contributed by atoms with Crippen LogP contribution in [0.5, 0.6) is 5.75 Å². The smallest absolute Gasteiger partial charge is 0.254 e. The fraction of sp³-hybridized carbons (Fsp3) is 0.548. The van der Waals surface area contributed by atoms with E-state index < -0.39 is 6.10 Å². The van der Waals surface area contributed by atoms with Crippen molar-refractivity contribution in [3.8, 4) is 5.75 Å². The second-order valence-electron chi connectivity index (χ2n) is 10.9. The Morgan fingerprint density at radius 2 is 1.76 bits per heavy atom. The molecule has 2 heterocycles. The highest BCUT2D eigenvalue weighted by atomic mass is 16.5. The lowest BCUT2D eigenvalue weighted by Gasteiger charge is -2.45. The van der Waals surface area contributed by atoms with Crippen LogP contribution in [0.2, 0.25) is 0 Å². The number of ether oxygens (including phenoxy) is 2. The van der Waals surface area contributed by atoms with Crippen LogP contribution in [0.4, 0.5) is 0 Å². The predicted octanol–water partition coefficient (Wildman–Crippen LogP) is 5.00. The maximum Gasteiger partial charge on any atom is 0.254 e. The Hall–Kier alpha value is -2.70. The minimum atomic E-state index is -0.496. The molecule has 2 fully saturated rings. The third-order valence-electron chi connectivity index (χ3n) is 8.29. The average molecular weight is 506 g/mol. The summed E-state index contributed by atoms with van der Waals surface area (Å²) in [6.07, 6.45) is 7.08. The van der Waals surface area contributed by atoms with Crippen LogP contribution in [-0.4, -0.2) is 59.7 Å². The molecule has 198 valence electrons. The Kier molecular flexibility index (Phi) is 8.26. The Morgan fingerprint density at radius 3 is 2.43 bits per heavy atom. The molecule has 1 amide bonds. The van der Waals surface area contributed by atoms with Gasteiger partial charge < -0.3 is 19.5 Å².